The molecule has 5 aromatic carbocycles. The van der Waals surface area contributed by atoms with E-state index in [1.807, 2.05) is 18.2 Å². The maximum absolute atomic E-state index is 14.9. The van der Waals surface area contributed by atoms with Crippen LogP contribution in [0.15, 0.2) is 118 Å². The molecule has 0 bridgehead atoms. The number of fused-ring (bicyclic) bond motifs is 6. The average Bonchev–Trinajstić information content (AvgIpc) is 3.66. The Hall–Kier alpha value is -3.61. The molecule has 0 aliphatic carbocycles. The largest absolute Gasteiger partial charge is 0.390 e. The summed E-state index contributed by atoms with van der Waals surface area (Å²) in [6.45, 7) is 9.97. The zero-order valence-electron chi connectivity index (χ0n) is 30.4. The zero-order valence-corrected chi connectivity index (χ0v) is 33.6. The summed E-state index contributed by atoms with van der Waals surface area (Å²) in [6.07, 6.45) is -1.27. The molecule has 3 N–H and O–H groups in total. The number of rotatable bonds is 9. The highest BCUT2D eigenvalue weighted by Crippen LogP contribution is 2.34. The minimum absolute atomic E-state index is 0.382. The number of para-hydroxylation sites is 1. The summed E-state index contributed by atoms with van der Waals surface area (Å²) in [5, 5.41) is 22.3. The van der Waals surface area contributed by atoms with Crippen LogP contribution >= 0.6 is 31.9 Å². The topological polar surface area (TPSA) is 60.6 Å². The summed E-state index contributed by atoms with van der Waals surface area (Å²) in [5.41, 5.74) is 6.99. The van der Waals surface area contributed by atoms with E-state index in [4.69, 9.17) is 0 Å². The Morgan fingerprint density at radius 1 is 0.519 bits per heavy atom. The predicted octanol–water partition coefficient (Wildman–Crippen LogP) is 8.29. The molecule has 0 amide bonds. The molecule has 280 valence electrons. The van der Waals surface area contributed by atoms with Crippen LogP contribution in [0.2, 0.25) is 0 Å². The van der Waals surface area contributed by atoms with Crippen LogP contribution in [0.1, 0.15) is 0 Å². The smallest absolute Gasteiger partial charge is 0.131 e. The Kier molecular flexibility index (Phi) is 11.8. The van der Waals surface area contributed by atoms with Crippen LogP contribution in [0, 0.1) is 0 Å². The Balaban J connectivity index is 0.000000155. The second-order valence-electron chi connectivity index (χ2n) is 14.5. The van der Waals surface area contributed by atoms with Crippen LogP contribution in [-0.4, -0.2) is 102 Å². The van der Waals surface area contributed by atoms with Gasteiger partial charge in [0.25, 0.3) is 0 Å². The highest BCUT2D eigenvalue weighted by atomic mass is 79.9. The number of piperazine rings is 2. The lowest BCUT2D eigenvalue weighted by Crippen LogP contribution is -2.46. The Morgan fingerprint density at radius 2 is 1.02 bits per heavy atom. The molecule has 7 nitrogen and oxygen atoms in total. The normalized spacial score (nSPS) is 16.9. The number of aromatic nitrogens is 2. The van der Waals surface area contributed by atoms with Crippen molar-refractivity contribution in [2.45, 2.75) is 25.4 Å². The molecule has 54 heavy (non-hydrogen) atoms. The molecule has 2 aliphatic rings. The molecule has 0 spiro atoms. The van der Waals surface area contributed by atoms with Crippen molar-refractivity contribution < 1.29 is 9.50 Å². The number of nitrogens with zero attached hydrogens (tertiary/aromatic N) is 4. The summed E-state index contributed by atoms with van der Waals surface area (Å²) in [7, 11) is 0. The number of alkyl halides is 1. The quantitative estimate of drug-likeness (QED) is 0.137. The SMILES string of the molecule is F[C@H](CN1CCNCC1)Cn1c2ccc(Br)cc2c2cc(Br)ccc21.O[C@H](CN1CCNCC1)Cn1c2ccccc2c2cc(-c3ccccc3)ccc21. The summed E-state index contributed by atoms with van der Waals surface area (Å²) < 4.78 is 21.3. The van der Waals surface area contributed by atoms with E-state index in [1.165, 1.54) is 32.9 Å². The summed E-state index contributed by atoms with van der Waals surface area (Å²) in [4.78, 5) is 4.56. The number of halogens is 3. The number of aliphatic hydroxyl groups excluding tert-OH is 1. The predicted molar refractivity (Wildman–Crippen MR) is 229 cm³/mol. The highest BCUT2D eigenvalue weighted by Gasteiger charge is 2.20. The number of nitrogens with one attached hydrogen (secondary N) is 2. The first kappa shape index (κ1) is 37.3. The van der Waals surface area contributed by atoms with Crippen molar-refractivity contribution in [1.82, 2.24) is 29.6 Å². The van der Waals surface area contributed by atoms with Gasteiger partial charge in [-0.3, -0.25) is 9.80 Å². The van der Waals surface area contributed by atoms with Gasteiger partial charge in [0, 0.05) is 118 Å². The third-order valence-electron chi connectivity index (χ3n) is 10.8. The van der Waals surface area contributed by atoms with Crippen LogP contribution in [0.3, 0.4) is 0 Å². The van der Waals surface area contributed by atoms with Gasteiger partial charge in [0.05, 0.1) is 19.2 Å². The van der Waals surface area contributed by atoms with E-state index in [1.54, 1.807) is 0 Å². The van der Waals surface area contributed by atoms with Crippen LogP contribution in [0.4, 0.5) is 4.39 Å². The Bertz CT molecular complexity index is 2290. The van der Waals surface area contributed by atoms with Gasteiger partial charge < -0.3 is 24.9 Å². The molecule has 0 radical (unpaired) electrons. The van der Waals surface area contributed by atoms with Gasteiger partial charge in [-0.15, -0.1) is 0 Å². The fraction of sp³-hybridized carbons (Fsp3) is 0.318. The first-order valence-electron chi connectivity index (χ1n) is 19.0. The highest BCUT2D eigenvalue weighted by molar-refractivity contribution is 9.10. The zero-order chi connectivity index (χ0) is 37.0. The minimum atomic E-state index is -0.885. The van der Waals surface area contributed by atoms with Crippen molar-refractivity contribution in [2.24, 2.45) is 0 Å². The van der Waals surface area contributed by atoms with Gasteiger partial charge in [-0.1, -0.05) is 86.5 Å². The molecule has 0 unspecified atom stereocenters. The van der Waals surface area contributed by atoms with Crippen LogP contribution in [-0.2, 0) is 13.1 Å². The third kappa shape index (κ3) is 8.31. The number of benzene rings is 5. The fourth-order valence-corrected chi connectivity index (χ4v) is 8.92. The maximum atomic E-state index is 14.9. The lowest BCUT2D eigenvalue weighted by molar-refractivity contribution is 0.0936. The first-order valence-corrected chi connectivity index (χ1v) is 20.6. The number of β-amino-alcohol motifs (C(OH)–C–C–N with tert-alkyl or cyclic N) is 1. The standard InChI is InChI=1S/C25H27N3O.C19H20Br2FN3/c29-21(17-27-14-12-26-13-15-27)18-28-24-9-5-4-8-22(24)23-16-20(10-11-25(23)28)19-6-2-1-3-7-19;20-13-1-3-18-16(9-13)17-10-14(21)2-4-19(17)25(18)12-15(22)11-24-7-5-23-6-8-24/h1-11,16,21,26,29H,12-15,17-18H2;1-4,9-10,15,23H,5-8,11-12H2/t21-;15-/m11/s1. The molecule has 7 aromatic rings. The molecule has 4 heterocycles. The summed E-state index contributed by atoms with van der Waals surface area (Å²) >= 11 is 7.11. The molecule has 2 saturated heterocycles. The van der Waals surface area contributed by atoms with Gasteiger partial charge in [-0.05, 0) is 65.7 Å². The molecule has 0 saturated carbocycles. The van der Waals surface area contributed by atoms with E-state index >= 15 is 0 Å². The minimum Gasteiger partial charge on any atom is -0.390 e. The molecule has 2 aromatic heterocycles. The molecular formula is C44H47Br2FN6O. The second kappa shape index (κ2) is 17.0. The van der Waals surface area contributed by atoms with Gasteiger partial charge in [0.15, 0.2) is 0 Å². The number of hydrogen-bond donors (Lipinski definition) is 3. The lowest BCUT2D eigenvalue weighted by atomic mass is 10.0. The molecule has 2 aliphatic heterocycles. The van der Waals surface area contributed by atoms with Crippen molar-refractivity contribution in [2.75, 3.05) is 65.4 Å². The maximum Gasteiger partial charge on any atom is 0.131 e. The van der Waals surface area contributed by atoms with Gasteiger partial charge in [0.1, 0.15) is 6.17 Å². The van der Waals surface area contributed by atoms with Crippen molar-refractivity contribution in [3.05, 3.63) is 118 Å². The van der Waals surface area contributed by atoms with Gasteiger partial charge >= 0.3 is 0 Å². The van der Waals surface area contributed by atoms with Crippen LogP contribution in [0.25, 0.3) is 54.7 Å². The van der Waals surface area contributed by atoms with E-state index in [0.29, 0.717) is 19.6 Å². The van der Waals surface area contributed by atoms with E-state index in [-0.39, 0.29) is 6.10 Å². The van der Waals surface area contributed by atoms with Crippen LogP contribution < -0.4 is 10.6 Å². The molecular weight excluding hydrogens is 807 g/mol. The number of hydrogen-bond acceptors (Lipinski definition) is 5. The van der Waals surface area contributed by atoms with Crippen molar-refractivity contribution >= 4 is 75.5 Å². The second-order valence-corrected chi connectivity index (χ2v) is 16.3. The van der Waals surface area contributed by atoms with Gasteiger partial charge in [0.2, 0.25) is 0 Å². The molecule has 2 atom stereocenters. The lowest BCUT2D eigenvalue weighted by Gasteiger charge is -2.29. The van der Waals surface area contributed by atoms with Crippen molar-refractivity contribution in [3.8, 4) is 11.1 Å². The Morgan fingerprint density at radius 3 is 1.65 bits per heavy atom. The fourth-order valence-electron chi connectivity index (χ4n) is 8.20. The molecule has 2 fully saturated rings. The summed E-state index contributed by atoms with van der Waals surface area (Å²) in [5.74, 6) is 0. The third-order valence-corrected chi connectivity index (χ3v) is 11.8. The molecule has 10 heteroatoms. The number of aliphatic hydroxyl groups is 1. The van der Waals surface area contributed by atoms with Crippen LogP contribution in [0.5, 0.6) is 0 Å². The van der Waals surface area contributed by atoms with E-state index < -0.39 is 6.17 Å². The summed E-state index contributed by atoms with van der Waals surface area (Å²) in [6, 6.07) is 38.1. The van der Waals surface area contributed by atoms with Crippen molar-refractivity contribution in [3.63, 3.8) is 0 Å². The van der Waals surface area contributed by atoms with E-state index in [0.717, 1.165) is 89.7 Å². The first-order chi connectivity index (χ1) is 26.4. The van der Waals surface area contributed by atoms with Gasteiger partial charge in [-0.25, -0.2) is 4.39 Å². The van der Waals surface area contributed by atoms with Crippen molar-refractivity contribution in [1.29, 1.82) is 0 Å². The van der Waals surface area contributed by atoms with Gasteiger partial charge in [-0.2, -0.15) is 0 Å². The molecule has 9 rings (SSSR count). The Labute approximate surface area is 333 Å². The van der Waals surface area contributed by atoms with E-state index in [2.05, 4.69) is 152 Å². The average molecular weight is 855 g/mol. The monoisotopic (exact) mass is 852 g/mol. The van der Waals surface area contributed by atoms with E-state index in [9.17, 15) is 9.50 Å².